The molecule has 9 heteroatoms. The number of nitrogens with zero attached hydrogens (tertiary/aromatic N) is 1. The highest BCUT2D eigenvalue weighted by molar-refractivity contribution is 5.79. The molecule has 2 rings (SSSR count). The van der Waals surface area contributed by atoms with E-state index in [-0.39, 0.29) is 12.4 Å². The largest absolute Gasteiger partial charge is 0.491 e. The summed E-state index contributed by atoms with van der Waals surface area (Å²) in [7, 11) is 1.63. The van der Waals surface area contributed by atoms with Gasteiger partial charge in [-0.25, -0.2) is 0 Å². The number of para-hydroxylation sites is 1. The summed E-state index contributed by atoms with van der Waals surface area (Å²) in [5, 5.41) is 6.14. The third kappa shape index (κ3) is 7.93. The van der Waals surface area contributed by atoms with Gasteiger partial charge in [0.2, 0.25) is 0 Å². The van der Waals surface area contributed by atoms with Gasteiger partial charge >= 0.3 is 6.18 Å². The van der Waals surface area contributed by atoms with Crippen molar-refractivity contribution in [3.05, 3.63) is 29.8 Å². The number of halogens is 3. The lowest BCUT2D eigenvalue weighted by Crippen LogP contribution is -2.40. The molecule has 1 aliphatic rings. The first kappa shape index (κ1) is 22.3. The number of rotatable bonds is 10. The van der Waals surface area contributed by atoms with Crippen LogP contribution in [0.15, 0.2) is 29.3 Å². The molecule has 0 saturated carbocycles. The van der Waals surface area contributed by atoms with Crippen molar-refractivity contribution in [3.8, 4) is 5.75 Å². The van der Waals surface area contributed by atoms with E-state index in [2.05, 4.69) is 15.6 Å². The number of benzene rings is 1. The van der Waals surface area contributed by atoms with Crippen molar-refractivity contribution < 1.29 is 27.4 Å². The standard InChI is InChI=1S/C19H28F3N3O3/c1-23-18(24-8-4-10-26-13-15-7-11-27-14-15)25-9-12-28-17-6-3-2-5-16(17)19(20,21)22/h2-3,5-6,15H,4,7-14H2,1H3,(H2,23,24,25). The lowest BCUT2D eigenvalue weighted by Gasteiger charge is -2.15. The van der Waals surface area contributed by atoms with Crippen LogP contribution in [0, 0.1) is 5.92 Å². The number of hydrogen-bond donors (Lipinski definition) is 2. The topological polar surface area (TPSA) is 64.1 Å². The number of hydrogen-bond acceptors (Lipinski definition) is 4. The fraction of sp³-hybridized carbons (Fsp3) is 0.632. The van der Waals surface area contributed by atoms with Crippen LogP contribution in [0.1, 0.15) is 18.4 Å². The number of nitrogens with one attached hydrogen (secondary N) is 2. The maximum atomic E-state index is 12.9. The molecule has 1 fully saturated rings. The van der Waals surface area contributed by atoms with Crippen LogP contribution in [0.25, 0.3) is 0 Å². The Labute approximate surface area is 163 Å². The Kier molecular flexibility index (Phi) is 9.36. The van der Waals surface area contributed by atoms with Crippen LogP contribution < -0.4 is 15.4 Å². The van der Waals surface area contributed by atoms with E-state index in [1.54, 1.807) is 7.05 Å². The molecule has 0 amide bonds. The highest BCUT2D eigenvalue weighted by Gasteiger charge is 2.33. The molecule has 2 N–H and O–H groups in total. The van der Waals surface area contributed by atoms with Crippen LogP contribution in [0.2, 0.25) is 0 Å². The van der Waals surface area contributed by atoms with Gasteiger partial charge < -0.3 is 24.8 Å². The molecule has 1 heterocycles. The van der Waals surface area contributed by atoms with Crippen molar-refractivity contribution in [2.24, 2.45) is 10.9 Å². The molecule has 158 valence electrons. The van der Waals surface area contributed by atoms with Crippen LogP contribution in [-0.2, 0) is 15.7 Å². The van der Waals surface area contributed by atoms with Crippen molar-refractivity contribution in [3.63, 3.8) is 0 Å². The predicted molar refractivity (Wildman–Crippen MR) is 101 cm³/mol. The smallest absolute Gasteiger partial charge is 0.419 e. The molecule has 0 bridgehead atoms. The molecule has 0 aromatic heterocycles. The quantitative estimate of drug-likeness (QED) is 0.357. The Morgan fingerprint density at radius 2 is 2.00 bits per heavy atom. The second-order valence-corrected chi connectivity index (χ2v) is 6.43. The summed E-state index contributed by atoms with van der Waals surface area (Å²) in [5.74, 6) is 0.895. The van der Waals surface area contributed by atoms with Gasteiger partial charge in [0.1, 0.15) is 12.4 Å². The number of ether oxygens (including phenoxy) is 3. The number of guanidine groups is 1. The van der Waals surface area contributed by atoms with Crippen molar-refractivity contribution in [1.29, 1.82) is 0 Å². The SMILES string of the molecule is CN=C(NCCCOCC1CCOC1)NCCOc1ccccc1C(F)(F)F. The Balaban J connectivity index is 1.57. The van der Waals surface area contributed by atoms with Crippen molar-refractivity contribution in [2.45, 2.75) is 19.0 Å². The monoisotopic (exact) mass is 403 g/mol. The molecule has 1 unspecified atom stereocenters. The summed E-state index contributed by atoms with van der Waals surface area (Å²) in [4.78, 5) is 4.07. The van der Waals surface area contributed by atoms with Crippen LogP contribution in [0.4, 0.5) is 13.2 Å². The van der Waals surface area contributed by atoms with E-state index in [0.717, 1.165) is 38.7 Å². The average Bonchev–Trinajstić information content (AvgIpc) is 3.19. The molecule has 1 aromatic carbocycles. The van der Waals surface area contributed by atoms with E-state index in [9.17, 15) is 13.2 Å². The molecular weight excluding hydrogens is 375 g/mol. The van der Waals surface area contributed by atoms with Gasteiger partial charge in [-0.2, -0.15) is 13.2 Å². The molecule has 28 heavy (non-hydrogen) atoms. The van der Waals surface area contributed by atoms with Gasteiger partial charge in [-0.15, -0.1) is 0 Å². The van der Waals surface area contributed by atoms with Gasteiger partial charge in [-0.3, -0.25) is 4.99 Å². The summed E-state index contributed by atoms with van der Waals surface area (Å²) in [5.41, 5.74) is -0.776. The van der Waals surface area contributed by atoms with E-state index in [1.165, 1.54) is 18.2 Å². The zero-order valence-corrected chi connectivity index (χ0v) is 16.1. The minimum Gasteiger partial charge on any atom is -0.491 e. The molecular formula is C19H28F3N3O3. The highest BCUT2D eigenvalue weighted by Crippen LogP contribution is 2.35. The Bertz CT molecular complexity index is 606. The van der Waals surface area contributed by atoms with E-state index < -0.39 is 11.7 Å². The van der Waals surface area contributed by atoms with E-state index >= 15 is 0 Å². The van der Waals surface area contributed by atoms with E-state index in [4.69, 9.17) is 14.2 Å². The second-order valence-electron chi connectivity index (χ2n) is 6.43. The minimum atomic E-state index is -4.44. The zero-order chi connectivity index (χ0) is 20.2. The van der Waals surface area contributed by atoms with Crippen LogP contribution in [-0.4, -0.2) is 59.1 Å². The van der Waals surface area contributed by atoms with Gasteiger partial charge in [0, 0.05) is 32.7 Å². The van der Waals surface area contributed by atoms with E-state index in [0.29, 0.717) is 31.6 Å². The highest BCUT2D eigenvalue weighted by atomic mass is 19.4. The van der Waals surface area contributed by atoms with Gasteiger partial charge in [0.05, 0.1) is 25.3 Å². The molecule has 0 spiro atoms. The third-order valence-electron chi connectivity index (χ3n) is 4.20. The summed E-state index contributed by atoms with van der Waals surface area (Å²) in [6.45, 7) is 4.07. The molecule has 1 aromatic rings. The molecule has 1 saturated heterocycles. The number of alkyl halides is 3. The fourth-order valence-corrected chi connectivity index (χ4v) is 2.72. The Morgan fingerprint density at radius 3 is 2.71 bits per heavy atom. The van der Waals surface area contributed by atoms with Crippen molar-refractivity contribution in [1.82, 2.24) is 10.6 Å². The third-order valence-corrected chi connectivity index (χ3v) is 4.20. The maximum Gasteiger partial charge on any atom is 0.419 e. The van der Waals surface area contributed by atoms with Crippen LogP contribution in [0.5, 0.6) is 5.75 Å². The molecule has 1 aliphatic heterocycles. The zero-order valence-electron chi connectivity index (χ0n) is 16.1. The van der Waals surface area contributed by atoms with E-state index in [1.807, 2.05) is 0 Å². The lowest BCUT2D eigenvalue weighted by molar-refractivity contribution is -0.138. The van der Waals surface area contributed by atoms with Crippen molar-refractivity contribution >= 4 is 5.96 Å². The lowest BCUT2D eigenvalue weighted by atomic mass is 10.1. The second kappa shape index (κ2) is 11.8. The van der Waals surface area contributed by atoms with Gasteiger partial charge in [-0.05, 0) is 25.0 Å². The molecule has 0 radical (unpaired) electrons. The molecule has 1 atom stereocenters. The summed E-state index contributed by atoms with van der Waals surface area (Å²) < 4.78 is 54.9. The summed E-state index contributed by atoms with van der Waals surface area (Å²) in [6.07, 6.45) is -2.55. The first-order valence-electron chi connectivity index (χ1n) is 9.39. The van der Waals surface area contributed by atoms with Gasteiger partial charge in [-0.1, -0.05) is 12.1 Å². The van der Waals surface area contributed by atoms with Crippen LogP contribution >= 0.6 is 0 Å². The molecule has 0 aliphatic carbocycles. The first-order chi connectivity index (χ1) is 13.5. The summed E-state index contributed by atoms with van der Waals surface area (Å²) in [6, 6.07) is 5.17. The fourth-order valence-electron chi connectivity index (χ4n) is 2.72. The average molecular weight is 403 g/mol. The maximum absolute atomic E-state index is 12.9. The Hall–Kier alpha value is -2.00. The van der Waals surface area contributed by atoms with Crippen molar-refractivity contribution in [2.75, 3.05) is 53.2 Å². The normalized spacial score (nSPS) is 17.6. The van der Waals surface area contributed by atoms with Gasteiger partial charge in [0.25, 0.3) is 0 Å². The summed E-state index contributed by atoms with van der Waals surface area (Å²) >= 11 is 0. The Morgan fingerprint density at radius 1 is 1.21 bits per heavy atom. The van der Waals surface area contributed by atoms with Crippen LogP contribution in [0.3, 0.4) is 0 Å². The van der Waals surface area contributed by atoms with Gasteiger partial charge in [0.15, 0.2) is 5.96 Å². The predicted octanol–water partition coefficient (Wildman–Crippen LogP) is 2.69. The minimum absolute atomic E-state index is 0.0837. The number of aliphatic imine (C=N–C) groups is 1. The molecule has 6 nitrogen and oxygen atoms in total. The first-order valence-corrected chi connectivity index (χ1v) is 9.39.